The summed E-state index contributed by atoms with van der Waals surface area (Å²) >= 11 is 0. The Hall–Kier alpha value is -0.660. The standard InChI is InChI=1S/C11H19FO/c1-2-3-4-5-6-7-8-9-10-11(12)13/h9-10H,2-8H2,1H3. The van der Waals surface area contributed by atoms with Crippen molar-refractivity contribution >= 4 is 6.04 Å². The molecule has 0 aromatic carbocycles. The van der Waals surface area contributed by atoms with Gasteiger partial charge in [0.1, 0.15) is 0 Å². The van der Waals surface area contributed by atoms with E-state index in [-0.39, 0.29) is 0 Å². The van der Waals surface area contributed by atoms with Crippen LogP contribution in [0.2, 0.25) is 0 Å². The molecule has 0 saturated heterocycles. The van der Waals surface area contributed by atoms with E-state index in [0.717, 1.165) is 18.9 Å². The zero-order valence-corrected chi connectivity index (χ0v) is 8.39. The van der Waals surface area contributed by atoms with Crippen LogP contribution in [-0.2, 0) is 4.79 Å². The molecule has 0 saturated carbocycles. The predicted molar refractivity (Wildman–Crippen MR) is 53.2 cm³/mol. The van der Waals surface area contributed by atoms with Gasteiger partial charge >= 0.3 is 6.04 Å². The third-order valence-corrected chi connectivity index (χ3v) is 1.97. The van der Waals surface area contributed by atoms with Crippen molar-refractivity contribution in [3.05, 3.63) is 12.2 Å². The van der Waals surface area contributed by atoms with Gasteiger partial charge in [0.25, 0.3) is 0 Å². The quantitative estimate of drug-likeness (QED) is 0.320. The number of carbonyl (C=O) groups excluding carboxylic acids is 1. The van der Waals surface area contributed by atoms with Gasteiger partial charge in [-0.3, -0.25) is 4.79 Å². The molecule has 0 heterocycles. The lowest BCUT2D eigenvalue weighted by Crippen LogP contribution is -1.79. The molecule has 0 fully saturated rings. The van der Waals surface area contributed by atoms with Crippen molar-refractivity contribution in [2.75, 3.05) is 0 Å². The topological polar surface area (TPSA) is 17.1 Å². The van der Waals surface area contributed by atoms with E-state index in [1.54, 1.807) is 6.08 Å². The van der Waals surface area contributed by atoms with Gasteiger partial charge in [0.15, 0.2) is 0 Å². The zero-order chi connectivity index (χ0) is 9.94. The van der Waals surface area contributed by atoms with E-state index < -0.39 is 6.04 Å². The minimum atomic E-state index is -1.34. The summed E-state index contributed by atoms with van der Waals surface area (Å²) in [6, 6.07) is -1.34. The van der Waals surface area contributed by atoms with E-state index in [2.05, 4.69) is 6.92 Å². The van der Waals surface area contributed by atoms with E-state index in [1.165, 1.54) is 32.1 Å². The largest absolute Gasteiger partial charge is 0.324 e. The Morgan fingerprint density at radius 2 is 1.77 bits per heavy atom. The van der Waals surface area contributed by atoms with E-state index in [4.69, 9.17) is 0 Å². The fourth-order valence-electron chi connectivity index (χ4n) is 1.22. The molecule has 0 aliphatic heterocycles. The summed E-state index contributed by atoms with van der Waals surface area (Å²) in [6.45, 7) is 2.19. The van der Waals surface area contributed by atoms with Crippen LogP contribution >= 0.6 is 0 Å². The lowest BCUT2D eigenvalue weighted by molar-refractivity contribution is -0.124. The highest BCUT2D eigenvalue weighted by atomic mass is 19.1. The van der Waals surface area contributed by atoms with Crippen molar-refractivity contribution in [2.24, 2.45) is 0 Å². The summed E-state index contributed by atoms with van der Waals surface area (Å²) in [6.07, 6.45) is 10.8. The Labute approximate surface area is 80.0 Å². The third-order valence-electron chi connectivity index (χ3n) is 1.97. The summed E-state index contributed by atoms with van der Waals surface area (Å²) in [7, 11) is 0. The fourth-order valence-corrected chi connectivity index (χ4v) is 1.22. The number of rotatable bonds is 8. The van der Waals surface area contributed by atoms with E-state index >= 15 is 0 Å². The average molecular weight is 186 g/mol. The molecule has 1 nitrogen and oxygen atoms in total. The van der Waals surface area contributed by atoms with Crippen molar-refractivity contribution in [3.8, 4) is 0 Å². The van der Waals surface area contributed by atoms with Crippen LogP contribution in [0.15, 0.2) is 12.2 Å². The van der Waals surface area contributed by atoms with Crippen LogP contribution in [0.4, 0.5) is 4.39 Å². The number of unbranched alkanes of at least 4 members (excludes halogenated alkanes) is 6. The molecule has 2 heteroatoms. The first kappa shape index (κ1) is 12.3. The minimum Gasteiger partial charge on any atom is -0.256 e. The van der Waals surface area contributed by atoms with E-state index in [0.29, 0.717) is 0 Å². The summed E-state index contributed by atoms with van der Waals surface area (Å²) < 4.78 is 11.7. The molecule has 76 valence electrons. The van der Waals surface area contributed by atoms with Crippen LogP contribution in [0, 0.1) is 0 Å². The van der Waals surface area contributed by atoms with Gasteiger partial charge in [-0.15, -0.1) is 0 Å². The summed E-state index contributed by atoms with van der Waals surface area (Å²) in [4.78, 5) is 9.86. The molecule has 0 bridgehead atoms. The van der Waals surface area contributed by atoms with Gasteiger partial charge in [-0.25, -0.2) is 0 Å². The maximum Gasteiger partial charge on any atom is 0.324 e. The highest BCUT2D eigenvalue weighted by Gasteiger charge is 1.89. The fraction of sp³-hybridized carbons (Fsp3) is 0.727. The van der Waals surface area contributed by atoms with Gasteiger partial charge < -0.3 is 0 Å². The second-order valence-electron chi connectivity index (χ2n) is 3.26. The van der Waals surface area contributed by atoms with Crippen molar-refractivity contribution in [1.82, 2.24) is 0 Å². The second-order valence-corrected chi connectivity index (χ2v) is 3.26. The highest BCUT2D eigenvalue weighted by Crippen LogP contribution is 2.06. The molecule has 0 unspecified atom stereocenters. The van der Waals surface area contributed by atoms with Crippen molar-refractivity contribution in [2.45, 2.75) is 51.9 Å². The molecule has 0 N–H and O–H groups in total. The normalized spacial score (nSPS) is 10.9. The molecule has 0 amide bonds. The molecular weight excluding hydrogens is 167 g/mol. The van der Waals surface area contributed by atoms with Gasteiger partial charge in [-0.2, -0.15) is 4.39 Å². The molecule has 13 heavy (non-hydrogen) atoms. The Morgan fingerprint density at radius 3 is 2.38 bits per heavy atom. The number of halogens is 1. The first-order valence-corrected chi connectivity index (χ1v) is 5.13. The molecule has 0 spiro atoms. The summed E-state index contributed by atoms with van der Waals surface area (Å²) in [5.74, 6) is 0. The lowest BCUT2D eigenvalue weighted by atomic mass is 10.1. The monoisotopic (exact) mass is 186 g/mol. The summed E-state index contributed by atoms with van der Waals surface area (Å²) in [5.41, 5.74) is 0. The maximum atomic E-state index is 11.7. The van der Waals surface area contributed by atoms with Crippen LogP contribution in [0.1, 0.15) is 51.9 Å². The van der Waals surface area contributed by atoms with Gasteiger partial charge in [0.2, 0.25) is 0 Å². The molecule has 0 rings (SSSR count). The van der Waals surface area contributed by atoms with Crippen LogP contribution in [0.25, 0.3) is 0 Å². The Kier molecular flexibility index (Phi) is 8.95. The number of hydrogen-bond donors (Lipinski definition) is 0. The van der Waals surface area contributed by atoms with Crippen LogP contribution in [-0.4, -0.2) is 6.04 Å². The Bertz CT molecular complexity index is 152. The number of hydrogen-bond acceptors (Lipinski definition) is 1. The molecule has 0 atom stereocenters. The molecule has 0 aromatic heterocycles. The van der Waals surface area contributed by atoms with Gasteiger partial charge in [0, 0.05) is 6.08 Å². The Balaban J connectivity index is 3.03. The maximum absolute atomic E-state index is 11.7. The van der Waals surface area contributed by atoms with Crippen molar-refractivity contribution in [3.63, 3.8) is 0 Å². The van der Waals surface area contributed by atoms with Gasteiger partial charge in [0.05, 0.1) is 0 Å². The average Bonchev–Trinajstić information content (AvgIpc) is 2.09. The molecule has 0 radical (unpaired) electrons. The van der Waals surface area contributed by atoms with Crippen LogP contribution in [0.5, 0.6) is 0 Å². The van der Waals surface area contributed by atoms with Crippen LogP contribution < -0.4 is 0 Å². The Morgan fingerprint density at radius 1 is 1.15 bits per heavy atom. The molecule has 0 aliphatic rings. The van der Waals surface area contributed by atoms with Crippen molar-refractivity contribution < 1.29 is 9.18 Å². The summed E-state index contributed by atoms with van der Waals surface area (Å²) in [5, 5.41) is 0. The van der Waals surface area contributed by atoms with E-state index in [1.807, 2.05) is 0 Å². The first-order valence-electron chi connectivity index (χ1n) is 5.13. The highest BCUT2D eigenvalue weighted by molar-refractivity contribution is 5.80. The molecular formula is C11H19FO. The van der Waals surface area contributed by atoms with Gasteiger partial charge in [-0.05, 0) is 12.8 Å². The third kappa shape index (κ3) is 11.3. The molecule has 0 aromatic rings. The number of allylic oxidation sites excluding steroid dienone is 2. The minimum absolute atomic E-state index is 0.821. The zero-order valence-electron chi connectivity index (χ0n) is 8.39. The van der Waals surface area contributed by atoms with Crippen LogP contribution in [0.3, 0.4) is 0 Å². The molecule has 0 aliphatic carbocycles. The lowest BCUT2D eigenvalue weighted by Gasteiger charge is -1.96. The number of carbonyl (C=O) groups is 1. The SMILES string of the molecule is CCCCCCCCC=CC(=O)F. The van der Waals surface area contributed by atoms with Crippen molar-refractivity contribution in [1.29, 1.82) is 0 Å². The smallest absolute Gasteiger partial charge is 0.256 e. The van der Waals surface area contributed by atoms with E-state index in [9.17, 15) is 9.18 Å². The first-order chi connectivity index (χ1) is 6.27. The second kappa shape index (κ2) is 9.43. The predicted octanol–water partition coefficient (Wildman–Crippen LogP) is 3.79. The van der Waals surface area contributed by atoms with Gasteiger partial charge in [-0.1, -0.05) is 45.1 Å².